The van der Waals surface area contributed by atoms with E-state index >= 15 is 0 Å². The number of anilines is 6. The van der Waals surface area contributed by atoms with Gasteiger partial charge in [-0.05, 0) is 97.1 Å². The van der Waals surface area contributed by atoms with E-state index in [0.717, 1.165) is 96.4 Å². The van der Waals surface area contributed by atoms with E-state index in [1.807, 2.05) is 155 Å². The molecule has 0 unspecified atom stereocenters. The molecule has 18 heteroatoms. The first-order chi connectivity index (χ1) is 32.8. The molecule has 0 aliphatic heterocycles. The van der Waals surface area contributed by atoms with Crippen LogP contribution in [0.4, 0.5) is 57.4 Å². The Morgan fingerprint density at radius 2 is 0.881 bits per heavy atom. The number of benzene rings is 4. The molecule has 6 N–H and O–H groups in total. The first-order valence-electron chi connectivity index (χ1n) is 22.7. The number of azo groups is 2. The van der Waals surface area contributed by atoms with E-state index < -0.39 is 0 Å². The Morgan fingerprint density at radius 1 is 0.478 bits per heavy atom. The predicted octanol–water partition coefficient (Wildman–Crippen LogP) is 6.11. The van der Waals surface area contributed by atoms with Crippen LogP contribution in [0.2, 0.25) is 0 Å². The second-order valence-corrected chi connectivity index (χ2v) is 16.1. The third kappa shape index (κ3) is 13.6. The second kappa shape index (κ2) is 24.3. The third-order valence-corrected chi connectivity index (χ3v) is 11.2. The average molecular weight is 912 g/mol. The molecule has 3 aromatic heterocycles. The number of aliphatic hydroxyl groups excluding tert-OH is 4. The highest BCUT2D eigenvalue weighted by molar-refractivity contribution is 5.65. The molecule has 0 bridgehead atoms. The van der Waals surface area contributed by atoms with Crippen LogP contribution in [0.3, 0.4) is 0 Å². The monoisotopic (exact) mass is 912 g/mol. The lowest BCUT2D eigenvalue weighted by atomic mass is 10.2. The van der Waals surface area contributed by atoms with Gasteiger partial charge in [-0.2, -0.15) is 0 Å². The molecule has 67 heavy (non-hydrogen) atoms. The van der Waals surface area contributed by atoms with Crippen LogP contribution < -0.4 is 34.1 Å². The average Bonchev–Trinajstić information content (AvgIpc) is 4.06. The number of hydrogen-bond donors (Lipinski definition) is 6. The van der Waals surface area contributed by atoms with Gasteiger partial charge in [0.05, 0.1) is 91.5 Å². The van der Waals surface area contributed by atoms with Crippen molar-refractivity contribution < 1.29 is 34.1 Å². The van der Waals surface area contributed by atoms with E-state index in [0.29, 0.717) is 26.2 Å². The van der Waals surface area contributed by atoms with Gasteiger partial charge in [0.2, 0.25) is 6.33 Å². The molecule has 0 saturated carbocycles. The standard InChI is InChI=1S/C49H61N14O4/c1-56-25-29-62(48(56)54-52-44-9-5-40(6-10-44)50-42-13-17-46(18-14-42)60(31-35-64)32-36-65)23-3-21-58-27-28-59(39-58)22-4-24-63-30-26-57(2)49(63)55-53-45-11-7-41(8-12-45)51-43-15-19-47(20-16-43)61(33-37-66)34-38-67/h5-20,25-30,39,64-67H,3-4,21-24,31-38H2,1-2H3/q+1/p+2. The van der Waals surface area contributed by atoms with Crippen molar-refractivity contribution in [3.8, 4) is 0 Å². The molecule has 0 spiro atoms. The van der Waals surface area contributed by atoms with E-state index in [4.69, 9.17) is 0 Å². The SMILES string of the molecule is C[n+]1ccn(CCCn2cc[n+](CCCn3cc[n+](C)c3N=Nc3ccc(Nc4ccc(N(CCO)CCO)cc4)cc3)c2)c1N=Nc1ccc(Nc2ccc(N(CCO)CCO)cc2)cc1. The Hall–Kier alpha value is -7.25. The van der Waals surface area contributed by atoms with Gasteiger partial charge in [-0.25, -0.2) is 27.4 Å². The lowest BCUT2D eigenvalue weighted by Gasteiger charge is -2.23. The summed E-state index contributed by atoms with van der Waals surface area (Å²) in [5.74, 6) is 1.54. The van der Waals surface area contributed by atoms with Gasteiger partial charge < -0.3 is 40.9 Å². The van der Waals surface area contributed by atoms with Crippen LogP contribution in [0.1, 0.15) is 12.8 Å². The maximum absolute atomic E-state index is 9.34. The van der Waals surface area contributed by atoms with Crippen LogP contribution in [-0.4, -0.2) is 86.7 Å². The van der Waals surface area contributed by atoms with Crippen LogP contribution >= 0.6 is 0 Å². The van der Waals surface area contributed by atoms with E-state index in [1.165, 1.54) is 0 Å². The number of aromatic nitrogens is 6. The fourth-order valence-electron chi connectivity index (χ4n) is 7.68. The number of aryl methyl sites for hydroxylation is 6. The van der Waals surface area contributed by atoms with Crippen molar-refractivity contribution in [1.29, 1.82) is 0 Å². The van der Waals surface area contributed by atoms with Crippen LogP contribution in [0.15, 0.2) is 161 Å². The van der Waals surface area contributed by atoms with Gasteiger partial charge >= 0.3 is 11.9 Å². The van der Waals surface area contributed by atoms with Crippen molar-refractivity contribution >= 4 is 57.4 Å². The van der Waals surface area contributed by atoms with Crippen molar-refractivity contribution in [3.63, 3.8) is 0 Å². The molecule has 0 amide bonds. The summed E-state index contributed by atoms with van der Waals surface area (Å²) in [6.45, 7) is 5.30. The predicted molar refractivity (Wildman–Crippen MR) is 259 cm³/mol. The summed E-state index contributed by atoms with van der Waals surface area (Å²) in [5, 5.41) is 62.5. The van der Waals surface area contributed by atoms with Crippen molar-refractivity contribution in [2.75, 3.05) is 73.0 Å². The number of nitrogens with zero attached hydrogens (tertiary/aromatic N) is 12. The van der Waals surface area contributed by atoms with Gasteiger partial charge in [-0.15, -0.1) is 0 Å². The normalized spacial score (nSPS) is 11.6. The van der Waals surface area contributed by atoms with Gasteiger partial charge in [-0.3, -0.25) is 0 Å². The quantitative estimate of drug-likeness (QED) is 0.0278. The lowest BCUT2D eigenvalue weighted by molar-refractivity contribution is -0.697. The van der Waals surface area contributed by atoms with Crippen LogP contribution in [0, 0.1) is 0 Å². The van der Waals surface area contributed by atoms with Crippen molar-refractivity contribution in [1.82, 2.24) is 13.7 Å². The van der Waals surface area contributed by atoms with E-state index in [2.05, 4.69) is 68.1 Å². The summed E-state index contributed by atoms with van der Waals surface area (Å²) in [7, 11) is 3.95. The third-order valence-electron chi connectivity index (χ3n) is 11.2. The zero-order chi connectivity index (χ0) is 46.8. The molecule has 0 aliphatic carbocycles. The van der Waals surface area contributed by atoms with Gasteiger partial charge in [0.15, 0.2) is 0 Å². The maximum atomic E-state index is 9.34. The van der Waals surface area contributed by atoms with Crippen molar-refractivity contribution in [3.05, 3.63) is 141 Å². The largest absolute Gasteiger partial charge is 0.421 e. The van der Waals surface area contributed by atoms with E-state index in [-0.39, 0.29) is 26.4 Å². The van der Waals surface area contributed by atoms with E-state index in [9.17, 15) is 20.4 Å². The van der Waals surface area contributed by atoms with Gasteiger partial charge in [0.25, 0.3) is 0 Å². The van der Waals surface area contributed by atoms with Crippen LogP contribution in [0.25, 0.3) is 0 Å². The summed E-state index contributed by atoms with van der Waals surface area (Å²) in [6, 6.07) is 31.4. The molecule has 7 aromatic rings. The molecule has 0 atom stereocenters. The highest BCUT2D eigenvalue weighted by atomic mass is 16.3. The number of imidazole rings is 3. The van der Waals surface area contributed by atoms with Gasteiger partial charge in [-0.1, -0.05) is 10.2 Å². The Morgan fingerprint density at radius 3 is 1.30 bits per heavy atom. The summed E-state index contributed by atoms with van der Waals surface area (Å²) in [4.78, 5) is 3.89. The van der Waals surface area contributed by atoms with E-state index in [1.54, 1.807) is 0 Å². The highest BCUT2D eigenvalue weighted by Gasteiger charge is 2.17. The summed E-state index contributed by atoms with van der Waals surface area (Å²) in [6.07, 6.45) is 16.3. The summed E-state index contributed by atoms with van der Waals surface area (Å²) in [5.41, 5.74) is 7.11. The molecule has 350 valence electrons. The van der Waals surface area contributed by atoms with Crippen LogP contribution in [0.5, 0.6) is 0 Å². The van der Waals surface area contributed by atoms with Crippen molar-refractivity contribution in [2.45, 2.75) is 39.0 Å². The fourth-order valence-corrected chi connectivity index (χ4v) is 7.68. The summed E-state index contributed by atoms with van der Waals surface area (Å²) < 4.78 is 12.6. The maximum Gasteiger partial charge on any atom is 0.421 e. The lowest BCUT2D eigenvalue weighted by Crippen LogP contribution is -2.32. The molecular formula is C49H63N14O4+3. The number of aliphatic hydroxyl groups is 4. The Kier molecular flexibility index (Phi) is 17.3. The minimum absolute atomic E-state index is 0.0262. The molecule has 4 aromatic carbocycles. The second-order valence-electron chi connectivity index (χ2n) is 16.1. The zero-order valence-corrected chi connectivity index (χ0v) is 38.3. The molecule has 0 fully saturated rings. The number of nitrogens with one attached hydrogen (secondary N) is 2. The minimum Gasteiger partial charge on any atom is -0.395 e. The Balaban J connectivity index is 0.841. The first kappa shape index (κ1) is 47.7. The molecule has 18 nitrogen and oxygen atoms in total. The summed E-state index contributed by atoms with van der Waals surface area (Å²) >= 11 is 0. The highest BCUT2D eigenvalue weighted by Crippen LogP contribution is 2.26. The van der Waals surface area contributed by atoms with Crippen molar-refractivity contribution in [2.24, 2.45) is 34.6 Å². The fraction of sp³-hybridized carbons (Fsp3) is 0.327. The molecule has 0 aliphatic rings. The molecule has 7 rings (SSSR count). The smallest absolute Gasteiger partial charge is 0.395 e. The molecular weight excluding hydrogens is 849 g/mol. The number of hydrogen-bond acceptors (Lipinski definition) is 12. The zero-order valence-electron chi connectivity index (χ0n) is 38.3. The first-order valence-corrected chi connectivity index (χ1v) is 22.7. The molecule has 0 saturated heterocycles. The van der Waals surface area contributed by atoms with Crippen LogP contribution in [-0.2, 0) is 40.3 Å². The Bertz CT molecular complexity index is 2430. The Labute approximate surface area is 391 Å². The number of rotatable bonds is 26. The molecule has 3 heterocycles. The van der Waals surface area contributed by atoms with Gasteiger partial charge in [0, 0.05) is 83.4 Å². The molecule has 0 radical (unpaired) electrons. The topological polar surface area (TPSA) is 187 Å². The minimum atomic E-state index is 0.0262. The van der Waals surface area contributed by atoms with Gasteiger partial charge in [0.1, 0.15) is 23.8 Å².